The van der Waals surface area contributed by atoms with E-state index in [4.69, 9.17) is 18.1 Å². The van der Waals surface area contributed by atoms with Gasteiger partial charge in [0.25, 0.3) is 0 Å². The van der Waals surface area contributed by atoms with Crippen molar-refractivity contribution >= 4 is 75.8 Å². The minimum atomic E-state index is -0.761. The van der Waals surface area contributed by atoms with Gasteiger partial charge >= 0.3 is 0 Å². The lowest BCUT2D eigenvalue weighted by Gasteiger charge is -2.20. The van der Waals surface area contributed by atoms with Gasteiger partial charge in [0.05, 0.1) is 20.6 Å². The van der Waals surface area contributed by atoms with Gasteiger partial charge < -0.3 is 4.42 Å². The predicted octanol–water partition coefficient (Wildman–Crippen LogP) is 14.4. The Labute approximate surface area is 315 Å². The Kier molecular flexibility index (Phi) is 3.70. The van der Waals surface area contributed by atoms with Gasteiger partial charge in [0, 0.05) is 10.8 Å². The van der Waals surface area contributed by atoms with Crippen LogP contribution in [0, 0.1) is 0 Å². The van der Waals surface area contributed by atoms with Crippen LogP contribution in [0.4, 0.5) is 0 Å². The van der Waals surface area contributed by atoms with E-state index < -0.39 is 107 Å². The Morgan fingerprint density at radius 2 is 0.961 bits per heavy atom. The molecule has 11 aromatic rings. The Hall–Kier alpha value is -6.70. The Balaban J connectivity index is 1.37. The van der Waals surface area contributed by atoms with Crippen LogP contribution >= 0.6 is 0 Å². The van der Waals surface area contributed by atoms with Crippen LogP contribution in [0.3, 0.4) is 0 Å². The van der Waals surface area contributed by atoms with Crippen molar-refractivity contribution < 1.29 is 25.0 Å². The van der Waals surface area contributed by atoms with Crippen LogP contribution in [0.25, 0.3) is 109 Å². The molecule has 0 aliphatic heterocycles. The molecule has 0 saturated heterocycles. The maximum Gasteiger partial charge on any atom is 0.136 e. The summed E-state index contributed by atoms with van der Waals surface area (Å²) in [5.41, 5.74) is 2.38. The summed E-state index contributed by atoms with van der Waals surface area (Å²) in [6.07, 6.45) is 0. The van der Waals surface area contributed by atoms with Gasteiger partial charge in [-0.15, -0.1) is 0 Å². The second-order valence-electron chi connectivity index (χ2n) is 12.4. The summed E-state index contributed by atoms with van der Waals surface area (Å²) in [6.45, 7) is 0. The first kappa shape index (κ1) is 17.3. The van der Waals surface area contributed by atoms with Crippen LogP contribution in [-0.4, -0.2) is 0 Å². The first-order chi connectivity index (χ1) is 31.5. The quantitative estimate of drug-likeness (QED) is 0.172. The van der Waals surface area contributed by atoms with Gasteiger partial charge in [-0.05, 0) is 105 Å². The van der Waals surface area contributed by atoms with Gasteiger partial charge in [-0.1, -0.05) is 163 Å². The van der Waals surface area contributed by atoms with Crippen LogP contribution in [0.5, 0.6) is 0 Å². The number of fused-ring (bicyclic) bond motifs is 9. The van der Waals surface area contributed by atoms with Crippen molar-refractivity contribution in [2.75, 3.05) is 0 Å². The molecule has 0 aliphatic carbocycles. The van der Waals surface area contributed by atoms with Crippen LogP contribution in [0.1, 0.15) is 20.6 Å². The first-order valence-electron chi connectivity index (χ1n) is 23.9. The lowest BCUT2D eigenvalue weighted by atomic mass is 9.82. The third-order valence-corrected chi connectivity index (χ3v) is 9.78. The lowest BCUT2D eigenvalue weighted by molar-refractivity contribution is 0.669. The Morgan fingerprint density at radius 1 is 0.353 bits per heavy atom. The third kappa shape index (κ3) is 4.16. The maximum atomic E-state index is 9.61. The van der Waals surface area contributed by atoms with E-state index in [0.29, 0.717) is 33.1 Å². The molecule has 0 unspecified atom stereocenters. The minimum absolute atomic E-state index is 0.0302. The van der Waals surface area contributed by atoms with E-state index in [0.717, 1.165) is 27.1 Å². The highest BCUT2D eigenvalue weighted by Gasteiger charge is 2.21. The summed E-state index contributed by atoms with van der Waals surface area (Å²) in [5.74, 6) is 0. The average molecular weight is 662 g/mol. The molecule has 0 aliphatic rings. The van der Waals surface area contributed by atoms with Gasteiger partial charge in [-0.2, -0.15) is 0 Å². The first-order valence-corrected chi connectivity index (χ1v) is 16.4. The molecule has 1 heterocycles. The second kappa shape index (κ2) is 10.9. The van der Waals surface area contributed by atoms with Gasteiger partial charge in [0.2, 0.25) is 0 Å². The molecule has 11 rings (SSSR count). The molecule has 10 aromatic carbocycles. The predicted molar refractivity (Wildman–Crippen MR) is 218 cm³/mol. The number of hydrogen-bond acceptors (Lipinski definition) is 1. The van der Waals surface area contributed by atoms with Crippen molar-refractivity contribution in [3.05, 3.63) is 182 Å². The van der Waals surface area contributed by atoms with E-state index >= 15 is 0 Å². The van der Waals surface area contributed by atoms with E-state index in [1.54, 1.807) is 12.1 Å². The number of furan rings is 1. The molecule has 0 bridgehead atoms. The zero-order chi connectivity index (χ0) is 46.5. The fourth-order valence-electron chi connectivity index (χ4n) is 7.65. The molecule has 0 saturated carbocycles. The van der Waals surface area contributed by atoms with Gasteiger partial charge in [0.1, 0.15) is 11.2 Å². The van der Waals surface area contributed by atoms with Gasteiger partial charge in [0.15, 0.2) is 0 Å². The van der Waals surface area contributed by atoms with E-state index in [-0.39, 0.29) is 32.7 Å². The molecular weight excluding hydrogens is 617 g/mol. The largest absolute Gasteiger partial charge is 0.456 e. The van der Waals surface area contributed by atoms with E-state index in [2.05, 4.69) is 0 Å². The Bertz CT molecular complexity index is 3970. The van der Waals surface area contributed by atoms with Crippen molar-refractivity contribution in [2.45, 2.75) is 0 Å². The highest BCUT2D eigenvalue weighted by Crippen LogP contribution is 2.48. The SMILES string of the molecule is [2H]c1c([2H])c([2H])c2c(-c3c4c([2H])c([2H])c([2H])c([2H])c4c(-c4cccc5cccc(-c6ccc7oc8ccc9ccccc9c8c7c6)c45)c4c([2H])c([2H])c([2H])c([2H])c34)c([2H])c([2H])c([2H])c2c1[2H]. The van der Waals surface area contributed by atoms with Crippen LogP contribution in [-0.2, 0) is 0 Å². The second-order valence-corrected chi connectivity index (χ2v) is 12.4. The molecular formula is C50H30O. The maximum absolute atomic E-state index is 9.61. The van der Waals surface area contributed by atoms with Crippen molar-refractivity contribution in [3.63, 3.8) is 0 Å². The van der Waals surface area contributed by atoms with Crippen LogP contribution < -0.4 is 0 Å². The molecule has 0 atom stereocenters. The number of hydrogen-bond donors (Lipinski definition) is 0. The molecule has 0 radical (unpaired) electrons. The van der Waals surface area contributed by atoms with Crippen LogP contribution in [0.15, 0.2) is 186 Å². The molecule has 236 valence electrons. The molecule has 0 amide bonds. The van der Waals surface area contributed by atoms with Crippen molar-refractivity contribution in [1.82, 2.24) is 0 Å². The number of rotatable bonds is 3. The van der Waals surface area contributed by atoms with E-state index in [1.807, 2.05) is 78.9 Å². The summed E-state index contributed by atoms with van der Waals surface area (Å²) in [6, 6.07) is 18.5. The monoisotopic (exact) mass is 661 g/mol. The average Bonchev–Trinajstić information content (AvgIpc) is 3.71. The van der Waals surface area contributed by atoms with E-state index in [1.165, 1.54) is 0 Å². The molecule has 0 N–H and O–H groups in total. The summed E-state index contributed by atoms with van der Waals surface area (Å²) in [7, 11) is 0. The standard InChI is InChI=1S/C50H30O/c1-3-17-35-31(12-1)14-9-24-38(35)48-39-19-5-7-21-41(39)49(42-22-8-6-20-40(42)48)43-25-11-16-33-15-10-23-37(47(33)43)34-27-28-45-44(30-34)50-36-18-4-2-13-32(36)26-29-46(50)51-45/h1-30H/i1D,3D,5D,6D,7D,8D,9D,12D,14D,17D,19D,20D,21D,22D,24D. The summed E-state index contributed by atoms with van der Waals surface area (Å²) in [5, 5.41) is 3.25. The summed E-state index contributed by atoms with van der Waals surface area (Å²) < 4.78 is 143. The molecule has 0 fully saturated rings. The fraction of sp³-hybridized carbons (Fsp3) is 0. The molecule has 1 heteroatoms. The summed E-state index contributed by atoms with van der Waals surface area (Å²) >= 11 is 0. The molecule has 0 spiro atoms. The van der Waals surface area contributed by atoms with Crippen LogP contribution in [0.2, 0.25) is 0 Å². The molecule has 51 heavy (non-hydrogen) atoms. The minimum Gasteiger partial charge on any atom is -0.456 e. The molecule has 1 aromatic heterocycles. The van der Waals surface area contributed by atoms with Gasteiger partial charge in [-0.25, -0.2) is 0 Å². The number of benzene rings is 10. The molecule has 1 nitrogen and oxygen atoms in total. The highest BCUT2D eigenvalue weighted by atomic mass is 16.3. The smallest absolute Gasteiger partial charge is 0.136 e. The summed E-state index contributed by atoms with van der Waals surface area (Å²) in [4.78, 5) is 0. The zero-order valence-electron chi connectivity index (χ0n) is 41.6. The van der Waals surface area contributed by atoms with Crippen molar-refractivity contribution in [1.29, 1.82) is 0 Å². The van der Waals surface area contributed by atoms with E-state index in [9.17, 15) is 6.85 Å². The van der Waals surface area contributed by atoms with Crippen molar-refractivity contribution in [2.24, 2.45) is 0 Å². The fourth-order valence-corrected chi connectivity index (χ4v) is 7.65. The highest BCUT2D eigenvalue weighted by molar-refractivity contribution is 6.26. The topological polar surface area (TPSA) is 13.1 Å². The van der Waals surface area contributed by atoms with Crippen molar-refractivity contribution in [3.8, 4) is 33.4 Å². The zero-order valence-corrected chi connectivity index (χ0v) is 26.6. The lowest BCUT2D eigenvalue weighted by Crippen LogP contribution is -1.93. The normalized spacial score (nSPS) is 16.0. The van der Waals surface area contributed by atoms with Gasteiger partial charge in [-0.3, -0.25) is 0 Å². The third-order valence-electron chi connectivity index (χ3n) is 9.78. The Morgan fingerprint density at radius 3 is 1.73 bits per heavy atom.